The van der Waals surface area contributed by atoms with Crippen LogP contribution in [0.15, 0.2) is 10.5 Å². The first-order valence-corrected chi connectivity index (χ1v) is 9.39. The van der Waals surface area contributed by atoms with Crippen LogP contribution in [0.1, 0.15) is 47.2 Å². The molecule has 0 spiro atoms. The van der Waals surface area contributed by atoms with Gasteiger partial charge in [0.2, 0.25) is 11.3 Å². The molecule has 1 rings (SSSR count). The van der Waals surface area contributed by atoms with E-state index in [9.17, 15) is 14.4 Å². The molecule has 1 heterocycles. The van der Waals surface area contributed by atoms with Crippen LogP contribution < -0.4 is 10.6 Å². The van der Waals surface area contributed by atoms with Gasteiger partial charge in [0, 0.05) is 12.4 Å². The highest BCUT2D eigenvalue weighted by Crippen LogP contribution is 2.19. The van der Waals surface area contributed by atoms with Gasteiger partial charge in [-0.05, 0) is 41.5 Å². The fraction of sp³-hybridized carbons (Fsp3) is 0.588. The Morgan fingerprint density at radius 1 is 1.21 bits per heavy atom. The molecule has 0 saturated carbocycles. The van der Waals surface area contributed by atoms with E-state index >= 15 is 0 Å². The van der Waals surface area contributed by atoms with E-state index in [4.69, 9.17) is 14.3 Å². The summed E-state index contributed by atoms with van der Waals surface area (Å²) in [5, 5.41) is 10.4. The monoisotopic (exact) mass is 414 g/mol. The van der Waals surface area contributed by atoms with Crippen LogP contribution in [-0.2, 0) is 23.9 Å². The lowest BCUT2D eigenvalue weighted by atomic mass is 10.1. The maximum Gasteiger partial charge on any atom is 0.413 e. The number of nitrogens with one attached hydrogen (secondary N) is 2. The highest BCUT2D eigenvalue weighted by molar-refractivity contribution is 7.14. The molecule has 1 aromatic rings. The predicted octanol–water partition coefficient (Wildman–Crippen LogP) is 2.30. The summed E-state index contributed by atoms with van der Waals surface area (Å²) in [5.41, 5.74) is -2.09. The second-order valence-corrected chi connectivity index (χ2v) is 7.86. The molecule has 28 heavy (non-hydrogen) atoms. The molecule has 10 nitrogen and oxygen atoms in total. The normalized spacial score (nSPS) is 12.2. The summed E-state index contributed by atoms with van der Waals surface area (Å²) in [7, 11) is 1.46. The SMILES string of the molecule is CCOC(=O)C(=NOC(C)(C)C(=O)NC)c1csc(NC(=O)OC(C)(C)C)n1. The molecule has 0 unspecified atom stereocenters. The minimum atomic E-state index is -1.32. The van der Waals surface area contributed by atoms with Gasteiger partial charge in [-0.1, -0.05) is 5.16 Å². The molecule has 0 radical (unpaired) electrons. The van der Waals surface area contributed by atoms with Crippen molar-refractivity contribution in [3.05, 3.63) is 11.1 Å². The van der Waals surface area contributed by atoms with Crippen LogP contribution in [0.25, 0.3) is 0 Å². The molecule has 0 fully saturated rings. The molecule has 0 aliphatic carbocycles. The zero-order valence-corrected chi connectivity index (χ0v) is 17.9. The maximum absolute atomic E-state index is 12.2. The highest BCUT2D eigenvalue weighted by atomic mass is 32.1. The maximum atomic E-state index is 12.2. The molecule has 2 N–H and O–H groups in total. The summed E-state index contributed by atoms with van der Waals surface area (Å²) in [6.45, 7) is 9.94. The Balaban J connectivity index is 3.05. The van der Waals surface area contributed by atoms with Gasteiger partial charge in [-0.2, -0.15) is 0 Å². The third-order valence-electron chi connectivity index (χ3n) is 2.96. The van der Waals surface area contributed by atoms with Gasteiger partial charge in [0.15, 0.2) is 5.13 Å². The van der Waals surface area contributed by atoms with Gasteiger partial charge in [-0.3, -0.25) is 10.1 Å². The van der Waals surface area contributed by atoms with Crippen molar-refractivity contribution in [2.24, 2.45) is 5.16 Å². The number of anilines is 1. The molecule has 1 aromatic heterocycles. The molecular weight excluding hydrogens is 388 g/mol. The Morgan fingerprint density at radius 2 is 1.86 bits per heavy atom. The van der Waals surface area contributed by atoms with E-state index < -0.39 is 29.2 Å². The fourth-order valence-electron chi connectivity index (χ4n) is 1.72. The summed E-state index contributed by atoms with van der Waals surface area (Å²) in [4.78, 5) is 45.3. The van der Waals surface area contributed by atoms with Gasteiger partial charge in [0.1, 0.15) is 11.3 Å². The highest BCUT2D eigenvalue weighted by Gasteiger charge is 2.31. The van der Waals surface area contributed by atoms with E-state index in [1.807, 2.05) is 0 Å². The largest absolute Gasteiger partial charge is 0.461 e. The number of nitrogens with zero attached hydrogens (tertiary/aromatic N) is 2. The number of carbonyl (C=O) groups is 3. The predicted molar refractivity (Wildman–Crippen MR) is 104 cm³/mol. The number of amides is 2. The lowest BCUT2D eigenvalue weighted by Gasteiger charge is -2.20. The van der Waals surface area contributed by atoms with Crippen LogP contribution in [-0.4, -0.2) is 53.5 Å². The minimum Gasteiger partial charge on any atom is -0.461 e. The summed E-state index contributed by atoms with van der Waals surface area (Å²) in [6, 6.07) is 0. The summed E-state index contributed by atoms with van der Waals surface area (Å²) in [5.74, 6) is -1.20. The van der Waals surface area contributed by atoms with Crippen LogP contribution >= 0.6 is 11.3 Å². The second-order valence-electron chi connectivity index (χ2n) is 7.01. The van der Waals surface area contributed by atoms with Crippen LogP contribution in [0, 0.1) is 0 Å². The summed E-state index contributed by atoms with van der Waals surface area (Å²) in [6.07, 6.45) is -0.681. The van der Waals surface area contributed by atoms with Crippen molar-refractivity contribution in [1.29, 1.82) is 0 Å². The lowest BCUT2D eigenvalue weighted by Crippen LogP contribution is -2.42. The number of hydrogen-bond donors (Lipinski definition) is 2. The Kier molecular flexibility index (Phi) is 7.91. The van der Waals surface area contributed by atoms with Gasteiger partial charge in [-0.25, -0.2) is 14.6 Å². The molecule has 0 atom stereocenters. The van der Waals surface area contributed by atoms with Crippen LogP contribution in [0.5, 0.6) is 0 Å². The summed E-state index contributed by atoms with van der Waals surface area (Å²) >= 11 is 1.07. The third-order valence-corrected chi connectivity index (χ3v) is 3.72. The average molecular weight is 414 g/mol. The van der Waals surface area contributed by atoms with Crippen molar-refractivity contribution in [2.45, 2.75) is 52.7 Å². The third kappa shape index (κ3) is 7.14. The van der Waals surface area contributed by atoms with E-state index in [2.05, 4.69) is 20.8 Å². The van der Waals surface area contributed by atoms with Crippen LogP contribution in [0.3, 0.4) is 0 Å². The van der Waals surface area contributed by atoms with Gasteiger partial charge >= 0.3 is 12.1 Å². The molecule has 0 aliphatic heterocycles. The zero-order valence-electron chi connectivity index (χ0n) is 17.0. The van der Waals surface area contributed by atoms with Gasteiger partial charge in [0.05, 0.1) is 6.61 Å². The van der Waals surface area contributed by atoms with E-state index in [0.29, 0.717) is 0 Å². The quantitative estimate of drug-likeness (QED) is 0.398. The molecule has 0 aliphatic rings. The zero-order chi connectivity index (χ0) is 21.5. The van der Waals surface area contributed by atoms with Crippen molar-refractivity contribution in [1.82, 2.24) is 10.3 Å². The number of ether oxygens (including phenoxy) is 2. The number of oxime groups is 1. The Labute approximate surface area is 167 Å². The Hall–Kier alpha value is -2.69. The fourth-order valence-corrected chi connectivity index (χ4v) is 2.40. The standard InChI is InChI=1S/C17H26N4O6S/c1-8-25-12(22)11(21-27-17(5,6)13(23)18-7)10-9-28-14(19-10)20-15(24)26-16(2,3)4/h9H,8H2,1-7H3,(H,18,23)(H,19,20,24). The van der Waals surface area contributed by atoms with Crippen molar-refractivity contribution >= 4 is 40.1 Å². The van der Waals surface area contributed by atoms with Crippen molar-refractivity contribution in [3.63, 3.8) is 0 Å². The molecular formula is C17H26N4O6S. The smallest absolute Gasteiger partial charge is 0.413 e. The van der Waals surface area contributed by atoms with Crippen LogP contribution in [0.2, 0.25) is 0 Å². The number of rotatable bonds is 7. The number of hydrogen-bond acceptors (Lipinski definition) is 9. The average Bonchev–Trinajstić information content (AvgIpc) is 3.00. The van der Waals surface area contributed by atoms with Gasteiger partial charge in [0.25, 0.3) is 5.91 Å². The van der Waals surface area contributed by atoms with Crippen molar-refractivity contribution in [3.8, 4) is 0 Å². The van der Waals surface area contributed by atoms with Gasteiger partial charge < -0.3 is 19.6 Å². The first kappa shape index (κ1) is 23.3. The molecule has 156 valence electrons. The first-order chi connectivity index (χ1) is 12.9. The van der Waals surface area contributed by atoms with Crippen molar-refractivity contribution in [2.75, 3.05) is 19.0 Å². The molecule has 0 bridgehead atoms. The Bertz CT molecular complexity index is 751. The number of carbonyl (C=O) groups excluding carboxylic acids is 3. The minimum absolute atomic E-state index is 0.115. The first-order valence-electron chi connectivity index (χ1n) is 8.51. The molecule has 0 saturated heterocycles. The molecule has 11 heteroatoms. The number of likely N-dealkylation sites (N-methyl/N-ethyl adjacent to an activating group) is 1. The Morgan fingerprint density at radius 3 is 2.39 bits per heavy atom. The van der Waals surface area contributed by atoms with Gasteiger partial charge in [-0.15, -0.1) is 11.3 Å². The van der Waals surface area contributed by atoms with Crippen molar-refractivity contribution < 1.29 is 28.7 Å². The number of esters is 1. The molecule has 2 amide bonds. The van der Waals surface area contributed by atoms with E-state index in [0.717, 1.165) is 11.3 Å². The lowest BCUT2D eigenvalue weighted by molar-refractivity contribution is -0.143. The molecule has 0 aromatic carbocycles. The van der Waals surface area contributed by atoms with E-state index in [-0.39, 0.29) is 23.1 Å². The van der Waals surface area contributed by atoms with Crippen LogP contribution in [0.4, 0.5) is 9.93 Å². The van der Waals surface area contributed by atoms with E-state index in [1.165, 1.54) is 26.3 Å². The second kappa shape index (κ2) is 9.49. The number of aromatic nitrogens is 1. The van der Waals surface area contributed by atoms with E-state index in [1.54, 1.807) is 27.7 Å². The summed E-state index contributed by atoms with van der Waals surface area (Å²) < 4.78 is 10.1. The number of thiazole rings is 1. The topological polar surface area (TPSA) is 128 Å².